The molecule has 3 rings (SSSR count). The van der Waals surface area contributed by atoms with Gasteiger partial charge in [-0.25, -0.2) is 4.98 Å². The third-order valence-electron chi connectivity index (χ3n) is 3.04. The smallest absolute Gasteiger partial charge is 0.255 e. The van der Waals surface area contributed by atoms with E-state index >= 15 is 0 Å². The first-order valence-electron chi connectivity index (χ1n) is 6.49. The molecule has 3 N–H and O–H groups in total. The predicted octanol–water partition coefficient (Wildman–Crippen LogP) is 2.24. The van der Waals surface area contributed by atoms with E-state index in [0.717, 1.165) is 5.52 Å². The first-order valence-corrected chi connectivity index (χ1v) is 6.49. The number of hydrogen-bond donors (Lipinski definition) is 2. The van der Waals surface area contributed by atoms with Gasteiger partial charge in [0.2, 0.25) is 0 Å². The molecule has 21 heavy (non-hydrogen) atoms. The van der Waals surface area contributed by atoms with Gasteiger partial charge in [-0.15, -0.1) is 0 Å². The van der Waals surface area contributed by atoms with Crippen molar-refractivity contribution in [1.29, 1.82) is 0 Å². The lowest BCUT2D eigenvalue weighted by molar-refractivity contribution is 0.102. The quantitative estimate of drug-likeness (QED) is 0.768. The van der Waals surface area contributed by atoms with Gasteiger partial charge < -0.3 is 15.5 Å². The average molecular weight is 282 g/mol. The Kier molecular flexibility index (Phi) is 3.37. The fourth-order valence-corrected chi connectivity index (χ4v) is 2.05. The number of nitrogens with two attached hydrogens (primary N) is 1. The van der Waals surface area contributed by atoms with E-state index in [1.54, 1.807) is 43.5 Å². The summed E-state index contributed by atoms with van der Waals surface area (Å²) in [6, 6.07) is 8.66. The Morgan fingerprint density at radius 2 is 2.19 bits per heavy atom. The number of nitrogens with one attached hydrogen (secondary N) is 1. The second-order valence-electron chi connectivity index (χ2n) is 4.61. The fourth-order valence-electron chi connectivity index (χ4n) is 2.05. The molecule has 0 atom stereocenters. The van der Waals surface area contributed by atoms with Gasteiger partial charge in [-0.05, 0) is 24.3 Å². The third kappa shape index (κ3) is 2.75. The molecular weight excluding hydrogens is 268 g/mol. The molecule has 6 heteroatoms. The highest BCUT2D eigenvalue weighted by molar-refractivity contribution is 6.04. The second kappa shape index (κ2) is 5.34. The Morgan fingerprint density at radius 3 is 3.00 bits per heavy atom. The maximum atomic E-state index is 12.2. The minimum atomic E-state index is -0.220. The van der Waals surface area contributed by atoms with Crippen LogP contribution in [0, 0.1) is 6.92 Å². The zero-order valence-electron chi connectivity index (χ0n) is 11.5. The number of aromatic nitrogens is 2. The SMILES string of the molecule is Cc1nc2ccc(NC(=O)c3ccnc(CN)c3)cc2o1. The maximum absolute atomic E-state index is 12.2. The number of fused-ring (bicyclic) bond motifs is 1. The number of anilines is 1. The number of aryl methyl sites for hydroxylation is 1. The summed E-state index contributed by atoms with van der Waals surface area (Å²) >= 11 is 0. The molecule has 0 saturated carbocycles. The van der Waals surface area contributed by atoms with Crippen LogP contribution in [0.3, 0.4) is 0 Å². The van der Waals surface area contributed by atoms with Gasteiger partial charge in [-0.3, -0.25) is 9.78 Å². The minimum absolute atomic E-state index is 0.220. The van der Waals surface area contributed by atoms with Crippen LogP contribution in [-0.2, 0) is 6.54 Å². The van der Waals surface area contributed by atoms with Gasteiger partial charge in [-0.1, -0.05) is 0 Å². The summed E-state index contributed by atoms with van der Waals surface area (Å²) in [6.45, 7) is 2.08. The van der Waals surface area contributed by atoms with E-state index in [1.165, 1.54) is 0 Å². The van der Waals surface area contributed by atoms with Crippen LogP contribution >= 0.6 is 0 Å². The van der Waals surface area contributed by atoms with Gasteiger partial charge in [0.05, 0.1) is 5.69 Å². The van der Waals surface area contributed by atoms with Gasteiger partial charge in [0.25, 0.3) is 5.91 Å². The van der Waals surface area contributed by atoms with Crippen molar-refractivity contribution in [3.63, 3.8) is 0 Å². The highest BCUT2D eigenvalue weighted by Gasteiger charge is 2.09. The Balaban J connectivity index is 1.84. The summed E-state index contributed by atoms with van der Waals surface area (Å²) in [5.41, 5.74) is 8.76. The van der Waals surface area contributed by atoms with Crippen molar-refractivity contribution in [3.8, 4) is 0 Å². The molecule has 0 bridgehead atoms. The molecule has 2 aromatic heterocycles. The maximum Gasteiger partial charge on any atom is 0.255 e. The molecule has 106 valence electrons. The van der Waals surface area contributed by atoms with Crippen molar-refractivity contribution in [2.24, 2.45) is 5.73 Å². The minimum Gasteiger partial charge on any atom is -0.441 e. The normalized spacial score (nSPS) is 10.8. The third-order valence-corrected chi connectivity index (χ3v) is 3.04. The number of hydrogen-bond acceptors (Lipinski definition) is 5. The summed E-state index contributed by atoms with van der Waals surface area (Å²) in [6.07, 6.45) is 1.57. The molecule has 0 unspecified atom stereocenters. The van der Waals surface area contributed by atoms with Crippen LogP contribution in [0.25, 0.3) is 11.1 Å². The Hall–Kier alpha value is -2.73. The van der Waals surface area contributed by atoms with Crippen LogP contribution in [0.15, 0.2) is 40.9 Å². The van der Waals surface area contributed by atoms with Gasteiger partial charge in [0, 0.05) is 37.0 Å². The number of oxazole rings is 1. The number of carbonyl (C=O) groups is 1. The Morgan fingerprint density at radius 1 is 1.33 bits per heavy atom. The van der Waals surface area contributed by atoms with Crippen molar-refractivity contribution >= 4 is 22.7 Å². The van der Waals surface area contributed by atoms with E-state index in [0.29, 0.717) is 35.0 Å². The molecule has 6 nitrogen and oxygen atoms in total. The van der Waals surface area contributed by atoms with Crippen molar-refractivity contribution < 1.29 is 9.21 Å². The number of carbonyl (C=O) groups excluding carboxylic acids is 1. The molecule has 0 saturated heterocycles. The molecular formula is C15H14N4O2. The van der Waals surface area contributed by atoms with Crippen LogP contribution in [0.2, 0.25) is 0 Å². The summed E-state index contributed by atoms with van der Waals surface area (Å²) in [5, 5.41) is 2.82. The largest absolute Gasteiger partial charge is 0.441 e. The first-order chi connectivity index (χ1) is 10.2. The molecule has 3 aromatic rings. The summed E-state index contributed by atoms with van der Waals surface area (Å²) in [7, 11) is 0. The summed E-state index contributed by atoms with van der Waals surface area (Å²) in [4.78, 5) is 20.5. The Bertz CT molecular complexity index is 810. The van der Waals surface area contributed by atoms with Crippen LogP contribution < -0.4 is 11.1 Å². The number of nitrogens with zero attached hydrogens (tertiary/aromatic N) is 2. The number of pyridine rings is 1. The average Bonchev–Trinajstić information content (AvgIpc) is 2.86. The lowest BCUT2D eigenvalue weighted by Crippen LogP contribution is -2.13. The second-order valence-corrected chi connectivity index (χ2v) is 4.61. The first kappa shape index (κ1) is 13.3. The molecule has 1 amide bonds. The molecule has 2 heterocycles. The monoisotopic (exact) mass is 282 g/mol. The van der Waals surface area contributed by atoms with Crippen molar-refractivity contribution in [2.45, 2.75) is 13.5 Å². The van der Waals surface area contributed by atoms with E-state index < -0.39 is 0 Å². The number of rotatable bonds is 3. The molecule has 0 aliphatic heterocycles. The summed E-state index contributed by atoms with van der Waals surface area (Å²) < 4.78 is 5.44. The van der Waals surface area contributed by atoms with Gasteiger partial charge in [0.15, 0.2) is 11.5 Å². The zero-order chi connectivity index (χ0) is 14.8. The fraction of sp³-hybridized carbons (Fsp3) is 0.133. The van der Waals surface area contributed by atoms with E-state index in [1.807, 2.05) is 0 Å². The molecule has 1 aromatic carbocycles. The molecule has 0 aliphatic rings. The van der Waals surface area contributed by atoms with Crippen LogP contribution in [0.5, 0.6) is 0 Å². The van der Waals surface area contributed by atoms with Gasteiger partial charge in [0.1, 0.15) is 5.52 Å². The van der Waals surface area contributed by atoms with Crippen molar-refractivity contribution in [3.05, 3.63) is 53.7 Å². The van der Waals surface area contributed by atoms with Gasteiger partial charge in [-0.2, -0.15) is 0 Å². The van der Waals surface area contributed by atoms with E-state index in [9.17, 15) is 4.79 Å². The summed E-state index contributed by atoms with van der Waals surface area (Å²) in [5.74, 6) is 0.373. The molecule has 0 aliphatic carbocycles. The molecule has 0 radical (unpaired) electrons. The Labute approximate surface area is 121 Å². The van der Waals surface area contributed by atoms with Crippen LogP contribution in [-0.4, -0.2) is 15.9 Å². The topological polar surface area (TPSA) is 94.0 Å². The van der Waals surface area contributed by atoms with Crippen LogP contribution in [0.1, 0.15) is 21.9 Å². The lowest BCUT2D eigenvalue weighted by Gasteiger charge is -2.05. The van der Waals surface area contributed by atoms with Crippen molar-refractivity contribution in [1.82, 2.24) is 9.97 Å². The highest BCUT2D eigenvalue weighted by Crippen LogP contribution is 2.20. The van der Waals surface area contributed by atoms with E-state index in [2.05, 4.69) is 15.3 Å². The zero-order valence-corrected chi connectivity index (χ0v) is 11.5. The number of amides is 1. The predicted molar refractivity (Wildman–Crippen MR) is 78.8 cm³/mol. The standard InChI is InChI=1S/C15H14N4O2/c1-9-18-13-3-2-11(7-14(13)21-9)19-15(20)10-4-5-17-12(6-10)8-16/h2-7H,8,16H2,1H3,(H,19,20). The van der Waals surface area contributed by atoms with E-state index in [-0.39, 0.29) is 5.91 Å². The highest BCUT2D eigenvalue weighted by atomic mass is 16.3. The van der Waals surface area contributed by atoms with Gasteiger partial charge >= 0.3 is 0 Å². The molecule has 0 fully saturated rings. The number of benzene rings is 1. The lowest BCUT2D eigenvalue weighted by atomic mass is 10.2. The molecule has 0 spiro atoms. The van der Waals surface area contributed by atoms with Crippen LogP contribution in [0.4, 0.5) is 5.69 Å². The van der Waals surface area contributed by atoms with Crippen molar-refractivity contribution in [2.75, 3.05) is 5.32 Å². The van der Waals surface area contributed by atoms with E-state index in [4.69, 9.17) is 10.2 Å².